The fourth-order valence-electron chi connectivity index (χ4n) is 2.25. The maximum Gasteiger partial charge on any atom is 0.122 e. The Morgan fingerprint density at radius 2 is 2.37 bits per heavy atom. The van der Waals surface area contributed by atoms with Gasteiger partial charge in [0.15, 0.2) is 0 Å². The molecule has 0 bridgehead atoms. The molecule has 108 valence electrons. The molecule has 5 heteroatoms. The minimum absolute atomic E-state index is 0.232. The van der Waals surface area contributed by atoms with Crippen molar-refractivity contribution in [2.45, 2.75) is 45.3 Å². The highest BCUT2D eigenvalue weighted by Gasteiger charge is 2.24. The first-order chi connectivity index (χ1) is 9.22. The van der Waals surface area contributed by atoms with Gasteiger partial charge in [0.1, 0.15) is 11.1 Å². The highest BCUT2D eigenvalue weighted by Crippen LogP contribution is 2.35. The Labute approximate surface area is 119 Å². The average molecular weight is 284 g/mol. The van der Waals surface area contributed by atoms with Crippen LogP contribution >= 0.6 is 11.3 Å². The maximum atomic E-state index is 5.74. The minimum Gasteiger partial charge on any atom is -0.383 e. The van der Waals surface area contributed by atoms with E-state index in [4.69, 9.17) is 14.5 Å². The van der Waals surface area contributed by atoms with Gasteiger partial charge in [0.2, 0.25) is 0 Å². The van der Waals surface area contributed by atoms with E-state index in [9.17, 15) is 0 Å². The third kappa shape index (κ3) is 3.99. The van der Waals surface area contributed by atoms with Crippen LogP contribution in [0.25, 0.3) is 0 Å². The molecule has 1 fully saturated rings. The third-order valence-electron chi connectivity index (χ3n) is 3.26. The van der Waals surface area contributed by atoms with Crippen LogP contribution in [0, 0.1) is 0 Å². The number of methoxy groups -OCH3 is 1. The zero-order chi connectivity index (χ0) is 13.7. The van der Waals surface area contributed by atoms with Gasteiger partial charge in [-0.3, -0.25) is 0 Å². The SMILES string of the molecule is COCCNCc1sc(C2CCCO2)nc1C(C)C. The molecule has 2 heterocycles. The summed E-state index contributed by atoms with van der Waals surface area (Å²) in [4.78, 5) is 6.16. The summed E-state index contributed by atoms with van der Waals surface area (Å²) >= 11 is 1.80. The lowest BCUT2D eigenvalue weighted by atomic mass is 10.1. The molecular weight excluding hydrogens is 260 g/mol. The second kappa shape index (κ2) is 7.33. The molecular formula is C14H24N2O2S. The first kappa shape index (κ1) is 14.9. The summed E-state index contributed by atoms with van der Waals surface area (Å²) in [5, 5.41) is 4.56. The molecule has 0 saturated carbocycles. The second-order valence-corrected chi connectivity index (χ2v) is 6.30. The van der Waals surface area contributed by atoms with Crippen LogP contribution in [0.5, 0.6) is 0 Å². The summed E-state index contributed by atoms with van der Waals surface area (Å²) in [5.74, 6) is 0.464. The van der Waals surface area contributed by atoms with Gasteiger partial charge >= 0.3 is 0 Å². The molecule has 19 heavy (non-hydrogen) atoms. The van der Waals surface area contributed by atoms with Crippen LogP contribution in [0.1, 0.15) is 54.3 Å². The van der Waals surface area contributed by atoms with E-state index in [1.165, 1.54) is 10.6 Å². The predicted molar refractivity (Wildman–Crippen MR) is 77.7 cm³/mol. The summed E-state index contributed by atoms with van der Waals surface area (Å²) in [6.45, 7) is 7.78. The van der Waals surface area contributed by atoms with Crippen molar-refractivity contribution in [3.63, 3.8) is 0 Å². The highest BCUT2D eigenvalue weighted by molar-refractivity contribution is 7.11. The lowest BCUT2D eigenvalue weighted by molar-refractivity contribution is 0.111. The van der Waals surface area contributed by atoms with E-state index in [0.717, 1.165) is 44.2 Å². The van der Waals surface area contributed by atoms with E-state index in [2.05, 4.69) is 19.2 Å². The van der Waals surface area contributed by atoms with Crippen molar-refractivity contribution in [1.29, 1.82) is 0 Å². The Kier molecular flexibility index (Phi) is 5.76. The number of hydrogen-bond donors (Lipinski definition) is 1. The van der Waals surface area contributed by atoms with Crippen LogP contribution < -0.4 is 5.32 Å². The van der Waals surface area contributed by atoms with E-state index in [1.807, 2.05) is 0 Å². The average Bonchev–Trinajstić information content (AvgIpc) is 3.03. The molecule has 4 nitrogen and oxygen atoms in total. The highest BCUT2D eigenvalue weighted by atomic mass is 32.1. The summed E-state index contributed by atoms with van der Waals surface area (Å²) in [6.07, 6.45) is 2.50. The van der Waals surface area contributed by atoms with Crippen LogP contribution in [0.3, 0.4) is 0 Å². The fourth-order valence-corrected chi connectivity index (χ4v) is 3.52. The Morgan fingerprint density at radius 1 is 1.53 bits per heavy atom. The van der Waals surface area contributed by atoms with Crippen molar-refractivity contribution < 1.29 is 9.47 Å². The van der Waals surface area contributed by atoms with Crippen LogP contribution in [-0.4, -0.2) is 31.9 Å². The predicted octanol–water partition coefficient (Wildman–Crippen LogP) is 2.85. The lowest BCUT2D eigenvalue weighted by Crippen LogP contribution is -2.18. The molecule has 0 spiro atoms. The van der Waals surface area contributed by atoms with Crippen molar-refractivity contribution in [3.8, 4) is 0 Å². The van der Waals surface area contributed by atoms with E-state index in [0.29, 0.717) is 5.92 Å². The first-order valence-electron chi connectivity index (χ1n) is 7.03. The van der Waals surface area contributed by atoms with Gasteiger partial charge in [-0.25, -0.2) is 4.98 Å². The third-order valence-corrected chi connectivity index (χ3v) is 4.43. The first-order valence-corrected chi connectivity index (χ1v) is 7.84. The quantitative estimate of drug-likeness (QED) is 0.782. The van der Waals surface area contributed by atoms with Gasteiger partial charge < -0.3 is 14.8 Å². The van der Waals surface area contributed by atoms with Crippen molar-refractivity contribution in [3.05, 3.63) is 15.6 Å². The minimum atomic E-state index is 0.232. The Bertz CT molecular complexity index is 387. The molecule has 2 rings (SSSR count). The number of ether oxygens (including phenoxy) is 2. The van der Waals surface area contributed by atoms with Crippen molar-refractivity contribution in [2.75, 3.05) is 26.9 Å². The van der Waals surface area contributed by atoms with Crippen LogP contribution in [0.4, 0.5) is 0 Å². The van der Waals surface area contributed by atoms with Crippen molar-refractivity contribution in [1.82, 2.24) is 10.3 Å². The molecule has 1 atom stereocenters. The largest absolute Gasteiger partial charge is 0.383 e. The number of rotatable bonds is 7. The van der Waals surface area contributed by atoms with Gasteiger partial charge in [-0.2, -0.15) is 0 Å². The molecule has 1 aromatic heterocycles. The molecule has 1 aromatic rings. The van der Waals surface area contributed by atoms with Crippen LogP contribution in [-0.2, 0) is 16.0 Å². The van der Waals surface area contributed by atoms with Gasteiger partial charge in [0, 0.05) is 31.7 Å². The number of nitrogens with zero attached hydrogens (tertiary/aromatic N) is 1. The Morgan fingerprint density at radius 3 is 3.00 bits per heavy atom. The topological polar surface area (TPSA) is 43.4 Å². The number of aromatic nitrogens is 1. The molecule has 0 radical (unpaired) electrons. The molecule has 1 saturated heterocycles. The Balaban J connectivity index is 2.02. The molecule has 1 aliphatic heterocycles. The summed E-state index contributed by atoms with van der Waals surface area (Å²) in [7, 11) is 1.73. The summed E-state index contributed by atoms with van der Waals surface area (Å²) < 4.78 is 10.8. The Hall–Kier alpha value is -0.490. The van der Waals surface area contributed by atoms with E-state index < -0.39 is 0 Å². The van der Waals surface area contributed by atoms with Crippen LogP contribution in [0.15, 0.2) is 0 Å². The van der Waals surface area contributed by atoms with Gasteiger partial charge in [-0.05, 0) is 18.8 Å². The normalized spacial score (nSPS) is 19.5. The zero-order valence-corrected chi connectivity index (χ0v) is 12.9. The molecule has 0 amide bonds. The molecule has 1 N–H and O–H groups in total. The van der Waals surface area contributed by atoms with Gasteiger partial charge in [0.05, 0.1) is 12.3 Å². The van der Waals surface area contributed by atoms with Crippen molar-refractivity contribution in [2.24, 2.45) is 0 Å². The second-order valence-electron chi connectivity index (χ2n) is 5.19. The van der Waals surface area contributed by atoms with E-state index >= 15 is 0 Å². The zero-order valence-electron chi connectivity index (χ0n) is 12.1. The standard InChI is InChI=1S/C14H24N2O2S/c1-10(2)13-12(9-15-6-8-17-3)19-14(16-13)11-5-4-7-18-11/h10-11,15H,4-9H2,1-3H3. The smallest absolute Gasteiger partial charge is 0.122 e. The molecule has 1 unspecified atom stereocenters. The summed E-state index contributed by atoms with van der Waals surface area (Å²) in [6, 6.07) is 0. The number of nitrogens with one attached hydrogen (secondary N) is 1. The van der Waals surface area contributed by atoms with Gasteiger partial charge in [0.25, 0.3) is 0 Å². The van der Waals surface area contributed by atoms with Gasteiger partial charge in [-0.1, -0.05) is 13.8 Å². The van der Waals surface area contributed by atoms with E-state index in [-0.39, 0.29) is 6.10 Å². The lowest BCUT2D eigenvalue weighted by Gasteiger charge is -2.06. The fraction of sp³-hybridized carbons (Fsp3) is 0.786. The van der Waals surface area contributed by atoms with Crippen LogP contribution in [0.2, 0.25) is 0 Å². The molecule has 0 aromatic carbocycles. The number of thiazole rings is 1. The monoisotopic (exact) mass is 284 g/mol. The molecule has 1 aliphatic rings. The van der Waals surface area contributed by atoms with Crippen molar-refractivity contribution >= 4 is 11.3 Å². The van der Waals surface area contributed by atoms with Gasteiger partial charge in [-0.15, -0.1) is 11.3 Å². The van der Waals surface area contributed by atoms with E-state index in [1.54, 1.807) is 18.4 Å². The summed E-state index contributed by atoms with van der Waals surface area (Å²) in [5.41, 5.74) is 1.22. The maximum absolute atomic E-state index is 5.74. The number of hydrogen-bond acceptors (Lipinski definition) is 5. The molecule has 0 aliphatic carbocycles.